The number of rotatable bonds is 4. The van der Waals surface area contributed by atoms with Crippen molar-refractivity contribution in [3.8, 4) is 0 Å². The summed E-state index contributed by atoms with van der Waals surface area (Å²) in [7, 11) is 1.94. The van der Waals surface area contributed by atoms with Crippen LogP contribution in [0.3, 0.4) is 0 Å². The van der Waals surface area contributed by atoms with E-state index >= 15 is 0 Å². The molecule has 1 amide bonds. The van der Waals surface area contributed by atoms with Gasteiger partial charge in [-0.2, -0.15) is 0 Å². The molecule has 1 saturated heterocycles. The largest absolute Gasteiger partial charge is 0.352 e. The molecule has 0 unspecified atom stereocenters. The van der Waals surface area contributed by atoms with E-state index in [1.165, 1.54) is 11.1 Å². The highest BCUT2D eigenvalue weighted by molar-refractivity contribution is 7.18. The van der Waals surface area contributed by atoms with E-state index in [4.69, 9.17) is 11.6 Å². The second-order valence-electron chi connectivity index (χ2n) is 6.81. The number of likely N-dealkylation sites (tertiary alicyclic amines) is 1. The van der Waals surface area contributed by atoms with Crippen LogP contribution in [-0.4, -0.2) is 40.9 Å². The molecule has 5 nitrogen and oxygen atoms in total. The van der Waals surface area contributed by atoms with Gasteiger partial charge in [0.1, 0.15) is 10.8 Å². The third-order valence-corrected chi connectivity index (χ3v) is 6.08. The lowest BCUT2D eigenvalue weighted by atomic mass is 10.1. The van der Waals surface area contributed by atoms with Crippen molar-refractivity contribution in [1.29, 1.82) is 0 Å². The van der Waals surface area contributed by atoms with Crippen molar-refractivity contribution < 1.29 is 4.79 Å². The summed E-state index contributed by atoms with van der Waals surface area (Å²) in [6, 6.07) is 9.83. The molecule has 1 aromatic carbocycles. The van der Waals surface area contributed by atoms with Crippen LogP contribution in [0.4, 0.5) is 5.82 Å². The zero-order valence-corrected chi connectivity index (χ0v) is 16.8. The molecule has 27 heavy (non-hydrogen) atoms. The van der Waals surface area contributed by atoms with E-state index < -0.39 is 0 Å². The first-order valence-corrected chi connectivity index (χ1v) is 10.3. The van der Waals surface area contributed by atoms with Gasteiger partial charge in [0.25, 0.3) is 5.91 Å². The highest BCUT2D eigenvalue weighted by Gasteiger charge is 2.20. The Hall–Kier alpha value is -2.18. The van der Waals surface area contributed by atoms with Crippen LogP contribution >= 0.6 is 22.9 Å². The van der Waals surface area contributed by atoms with Crippen molar-refractivity contribution in [2.45, 2.75) is 25.8 Å². The van der Waals surface area contributed by atoms with Gasteiger partial charge in [0.2, 0.25) is 0 Å². The Bertz CT molecular complexity index is 935. The maximum atomic E-state index is 12.6. The average Bonchev–Trinajstić information content (AvgIpc) is 3.10. The number of thiazole rings is 1. The molecular weight excluding hydrogens is 380 g/mol. The van der Waals surface area contributed by atoms with E-state index in [9.17, 15) is 4.79 Å². The Morgan fingerprint density at radius 3 is 2.78 bits per heavy atom. The third-order valence-electron chi connectivity index (χ3n) is 4.78. The number of halogens is 1. The van der Waals surface area contributed by atoms with Crippen LogP contribution in [0.5, 0.6) is 0 Å². The van der Waals surface area contributed by atoms with Crippen LogP contribution in [0.1, 0.15) is 34.6 Å². The first-order chi connectivity index (χ1) is 13.1. The highest BCUT2D eigenvalue weighted by atomic mass is 35.5. The zero-order valence-electron chi connectivity index (χ0n) is 15.2. The first-order valence-electron chi connectivity index (χ1n) is 9.12. The maximum Gasteiger partial charge on any atom is 0.255 e. The van der Waals surface area contributed by atoms with Gasteiger partial charge in [0.05, 0.1) is 27.3 Å². The van der Waals surface area contributed by atoms with Crippen molar-refractivity contribution in [3.63, 3.8) is 0 Å². The number of fused-ring (bicyclic) bond motifs is 1. The summed E-state index contributed by atoms with van der Waals surface area (Å²) < 4.78 is 1.17. The standard InChI is InChI=1S/C20H21ClN4OS/c1-24(13-18-23-16-7-3-4-8-17(16)27-18)19-15(21)11-14(12-22-19)20(26)25-9-5-2-6-10-25/h3-4,7-8,11-12H,2,5-6,9-10,13H2,1H3. The Balaban J connectivity index is 1.50. The van der Waals surface area contributed by atoms with E-state index in [-0.39, 0.29) is 5.91 Å². The van der Waals surface area contributed by atoms with Gasteiger partial charge in [0.15, 0.2) is 0 Å². The fourth-order valence-electron chi connectivity index (χ4n) is 3.37. The fourth-order valence-corrected chi connectivity index (χ4v) is 4.70. The van der Waals surface area contributed by atoms with E-state index in [1.807, 2.05) is 35.0 Å². The number of hydrogen-bond donors (Lipinski definition) is 0. The van der Waals surface area contributed by atoms with E-state index in [2.05, 4.69) is 16.0 Å². The molecular formula is C20H21ClN4OS. The molecule has 0 N–H and O–H groups in total. The molecule has 140 valence electrons. The number of carbonyl (C=O) groups is 1. The Morgan fingerprint density at radius 1 is 1.26 bits per heavy atom. The predicted octanol–water partition coefficient (Wildman–Crippen LogP) is 4.61. The summed E-state index contributed by atoms with van der Waals surface area (Å²) in [5.74, 6) is 0.676. The van der Waals surface area contributed by atoms with E-state index in [0.717, 1.165) is 36.5 Å². The van der Waals surface area contributed by atoms with Gasteiger partial charge in [0, 0.05) is 26.3 Å². The molecule has 3 aromatic rings. The molecule has 0 saturated carbocycles. The van der Waals surface area contributed by atoms with Gasteiger partial charge >= 0.3 is 0 Å². The average molecular weight is 401 g/mol. The number of aromatic nitrogens is 2. The molecule has 1 fully saturated rings. The van der Waals surface area contributed by atoms with Crippen molar-refractivity contribution >= 4 is 44.9 Å². The second-order valence-corrected chi connectivity index (χ2v) is 8.34. The minimum Gasteiger partial charge on any atom is -0.352 e. The minimum atomic E-state index is 0.0180. The van der Waals surface area contributed by atoms with Gasteiger partial charge in [-0.3, -0.25) is 4.79 Å². The number of carbonyl (C=O) groups excluding carboxylic acids is 1. The summed E-state index contributed by atoms with van der Waals surface area (Å²) in [5, 5.41) is 1.49. The number of benzene rings is 1. The lowest BCUT2D eigenvalue weighted by Crippen LogP contribution is -2.35. The number of anilines is 1. The van der Waals surface area contributed by atoms with Crippen LogP contribution in [0.25, 0.3) is 10.2 Å². The molecule has 3 heterocycles. The molecule has 0 spiro atoms. The second kappa shape index (κ2) is 7.82. The van der Waals surface area contributed by atoms with Crippen LogP contribution in [0, 0.1) is 0 Å². The number of nitrogens with zero attached hydrogens (tertiary/aromatic N) is 4. The number of para-hydroxylation sites is 1. The van der Waals surface area contributed by atoms with Gasteiger partial charge < -0.3 is 9.80 Å². The Kier molecular flexibility index (Phi) is 5.27. The number of piperidine rings is 1. The molecule has 1 aliphatic rings. The Morgan fingerprint density at radius 2 is 2.04 bits per heavy atom. The van der Waals surface area contributed by atoms with Crippen LogP contribution in [0.2, 0.25) is 5.02 Å². The van der Waals surface area contributed by atoms with Crippen LogP contribution in [0.15, 0.2) is 36.5 Å². The molecule has 4 rings (SSSR count). The molecule has 7 heteroatoms. The minimum absolute atomic E-state index is 0.0180. The van der Waals surface area contributed by atoms with Crippen molar-refractivity contribution in [3.05, 3.63) is 52.1 Å². The highest BCUT2D eigenvalue weighted by Crippen LogP contribution is 2.28. The molecule has 0 bridgehead atoms. The number of amides is 1. The predicted molar refractivity (Wildman–Crippen MR) is 111 cm³/mol. The number of pyridine rings is 1. The topological polar surface area (TPSA) is 49.3 Å². The first kappa shape index (κ1) is 18.2. The Labute approximate surface area is 167 Å². The zero-order chi connectivity index (χ0) is 18.8. The third kappa shape index (κ3) is 3.92. The van der Waals surface area contributed by atoms with Crippen molar-refractivity contribution in [1.82, 2.24) is 14.9 Å². The van der Waals surface area contributed by atoms with Gasteiger partial charge in [-0.25, -0.2) is 9.97 Å². The number of hydrogen-bond acceptors (Lipinski definition) is 5. The van der Waals surface area contributed by atoms with E-state index in [0.29, 0.717) is 22.9 Å². The summed E-state index contributed by atoms with van der Waals surface area (Å²) in [6.45, 7) is 2.25. The summed E-state index contributed by atoms with van der Waals surface area (Å²) >= 11 is 8.13. The monoisotopic (exact) mass is 400 g/mol. The van der Waals surface area contributed by atoms with Crippen molar-refractivity contribution in [2.75, 3.05) is 25.0 Å². The molecule has 1 aliphatic heterocycles. The molecule has 0 radical (unpaired) electrons. The summed E-state index contributed by atoms with van der Waals surface area (Å²) in [4.78, 5) is 25.6. The smallest absolute Gasteiger partial charge is 0.255 e. The SMILES string of the molecule is CN(Cc1nc2ccccc2s1)c1ncc(C(=O)N2CCCCC2)cc1Cl. The molecule has 0 atom stereocenters. The van der Waals surface area contributed by atoms with Gasteiger partial charge in [-0.1, -0.05) is 23.7 Å². The van der Waals surface area contributed by atoms with Crippen LogP contribution in [-0.2, 0) is 6.54 Å². The molecule has 2 aromatic heterocycles. The fraction of sp³-hybridized carbons (Fsp3) is 0.350. The van der Waals surface area contributed by atoms with E-state index in [1.54, 1.807) is 23.6 Å². The lowest BCUT2D eigenvalue weighted by molar-refractivity contribution is 0.0724. The normalized spacial score (nSPS) is 14.5. The molecule has 0 aliphatic carbocycles. The van der Waals surface area contributed by atoms with Crippen LogP contribution < -0.4 is 4.90 Å². The van der Waals surface area contributed by atoms with Gasteiger partial charge in [-0.15, -0.1) is 11.3 Å². The quantitative estimate of drug-likeness (QED) is 0.641. The van der Waals surface area contributed by atoms with Gasteiger partial charge in [-0.05, 0) is 37.5 Å². The lowest BCUT2D eigenvalue weighted by Gasteiger charge is -2.27. The summed E-state index contributed by atoms with van der Waals surface area (Å²) in [6.07, 6.45) is 4.96. The van der Waals surface area contributed by atoms with Crippen molar-refractivity contribution in [2.24, 2.45) is 0 Å². The summed E-state index contributed by atoms with van der Waals surface area (Å²) in [5.41, 5.74) is 1.56. The maximum absolute atomic E-state index is 12.6.